The smallest absolute Gasteiger partial charge is 0.355 e. The number of benzene rings is 2. The van der Waals surface area contributed by atoms with Gasteiger partial charge in [-0.2, -0.15) is 23.0 Å². The highest BCUT2D eigenvalue weighted by molar-refractivity contribution is 6.34. The average Bonchev–Trinajstić information content (AvgIpc) is 3.16. The van der Waals surface area contributed by atoms with Crippen molar-refractivity contribution in [3.05, 3.63) is 75.2 Å². The number of carbonyl (C=O) groups excluding carboxylic acids is 2. The number of rotatable bonds is 3. The number of alkyl halides is 3. The first-order valence-corrected chi connectivity index (χ1v) is 10.5. The molecule has 2 aromatic carbocycles. The molecule has 0 bridgehead atoms. The first-order chi connectivity index (χ1) is 15.6. The third-order valence-corrected chi connectivity index (χ3v) is 5.93. The molecule has 1 aliphatic rings. The zero-order valence-corrected chi connectivity index (χ0v) is 18.1. The maximum absolute atomic E-state index is 14.9. The maximum atomic E-state index is 14.9. The van der Waals surface area contributed by atoms with E-state index in [9.17, 15) is 27.2 Å². The van der Waals surface area contributed by atoms with Gasteiger partial charge in [-0.3, -0.25) is 9.59 Å². The molecule has 10 heteroatoms. The molecule has 0 fully saturated rings. The molecule has 1 heterocycles. The van der Waals surface area contributed by atoms with Crippen LogP contribution in [0.1, 0.15) is 50.4 Å². The van der Waals surface area contributed by atoms with Gasteiger partial charge in [0.1, 0.15) is 5.82 Å². The predicted molar refractivity (Wildman–Crippen MR) is 114 cm³/mol. The van der Waals surface area contributed by atoms with Gasteiger partial charge in [0.15, 0.2) is 0 Å². The lowest BCUT2D eigenvalue weighted by Gasteiger charge is -2.16. The van der Waals surface area contributed by atoms with E-state index in [1.165, 1.54) is 25.2 Å². The summed E-state index contributed by atoms with van der Waals surface area (Å²) in [4.78, 5) is 25.1. The number of fused-ring (bicyclic) bond motifs is 1. The van der Waals surface area contributed by atoms with Crippen LogP contribution in [0.3, 0.4) is 0 Å². The van der Waals surface area contributed by atoms with Crippen LogP contribution in [0.15, 0.2) is 36.4 Å². The second kappa shape index (κ2) is 8.62. The van der Waals surface area contributed by atoms with Gasteiger partial charge in [0.25, 0.3) is 11.8 Å². The number of hydrogen-bond donors (Lipinski definition) is 1. The summed E-state index contributed by atoms with van der Waals surface area (Å²) in [6, 6.07) is 6.96. The van der Waals surface area contributed by atoms with Crippen molar-refractivity contribution in [2.75, 3.05) is 7.05 Å². The summed E-state index contributed by atoms with van der Waals surface area (Å²) < 4.78 is 56.6. The fraction of sp³-hybridized carbons (Fsp3) is 0.261. The van der Waals surface area contributed by atoms with Gasteiger partial charge in [-0.1, -0.05) is 17.7 Å². The molecule has 0 atom stereocenters. The van der Waals surface area contributed by atoms with E-state index in [4.69, 9.17) is 11.6 Å². The molecule has 1 amide bonds. The summed E-state index contributed by atoms with van der Waals surface area (Å²) in [6.45, 7) is 0. The van der Waals surface area contributed by atoms with Crippen LogP contribution in [0.4, 0.5) is 17.6 Å². The van der Waals surface area contributed by atoms with E-state index in [2.05, 4.69) is 10.4 Å². The molecule has 1 N–H and O–H groups in total. The molecule has 0 unspecified atom stereocenters. The monoisotopic (exact) mass is 479 g/mol. The topological polar surface area (TPSA) is 64.0 Å². The van der Waals surface area contributed by atoms with Gasteiger partial charge < -0.3 is 5.32 Å². The number of amides is 1. The molecule has 0 spiro atoms. The lowest BCUT2D eigenvalue weighted by Crippen LogP contribution is -2.22. The minimum atomic E-state index is -4.80. The van der Waals surface area contributed by atoms with Crippen LogP contribution in [0.2, 0.25) is 5.02 Å². The van der Waals surface area contributed by atoms with Crippen LogP contribution in [-0.4, -0.2) is 28.6 Å². The van der Waals surface area contributed by atoms with Gasteiger partial charge in [0, 0.05) is 23.7 Å². The van der Waals surface area contributed by atoms with Crippen molar-refractivity contribution in [3.8, 4) is 11.3 Å². The summed E-state index contributed by atoms with van der Waals surface area (Å²) in [5.41, 5.74) is -0.505. The Bertz CT molecular complexity index is 1270. The van der Waals surface area contributed by atoms with E-state index in [1.807, 2.05) is 0 Å². The molecule has 1 aliphatic carbocycles. The SMILES string of the molecule is CNC(=O)c1ccc(-c2nn(C(=O)c3c(Cl)cccc3C(F)(F)F)c3c2CCCC3)c(F)c1. The Morgan fingerprint density at radius 1 is 1.12 bits per heavy atom. The normalized spacial score (nSPS) is 13.5. The van der Waals surface area contributed by atoms with Crippen molar-refractivity contribution in [2.45, 2.75) is 31.9 Å². The number of hydrogen-bond acceptors (Lipinski definition) is 3. The first kappa shape index (κ1) is 23.0. The zero-order chi connectivity index (χ0) is 23.9. The van der Waals surface area contributed by atoms with Crippen molar-refractivity contribution in [1.82, 2.24) is 15.1 Å². The Morgan fingerprint density at radius 2 is 1.85 bits per heavy atom. The zero-order valence-electron chi connectivity index (χ0n) is 17.4. The van der Waals surface area contributed by atoms with Gasteiger partial charge in [0.05, 0.1) is 27.5 Å². The minimum absolute atomic E-state index is 0.0579. The summed E-state index contributed by atoms with van der Waals surface area (Å²) in [6.07, 6.45) is -2.44. The molecule has 0 saturated carbocycles. The molecule has 0 radical (unpaired) electrons. The molecule has 4 rings (SSSR count). The molecule has 3 aromatic rings. The Labute approximate surface area is 191 Å². The number of halogens is 5. The van der Waals surface area contributed by atoms with E-state index in [0.717, 1.165) is 29.3 Å². The lowest BCUT2D eigenvalue weighted by atomic mass is 9.93. The van der Waals surface area contributed by atoms with Crippen molar-refractivity contribution in [2.24, 2.45) is 0 Å². The second-order valence-electron chi connectivity index (χ2n) is 7.63. The minimum Gasteiger partial charge on any atom is -0.355 e. The molecule has 33 heavy (non-hydrogen) atoms. The molecule has 0 aliphatic heterocycles. The molecule has 5 nitrogen and oxygen atoms in total. The van der Waals surface area contributed by atoms with Crippen LogP contribution < -0.4 is 5.32 Å². The summed E-state index contributed by atoms with van der Waals surface area (Å²) in [5.74, 6) is -2.23. The summed E-state index contributed by atoms with van der Waals surface area (Å²) >= 11 is 6.01. The summed E-state index contributed by atoms with van der Waals surface area (Å²) in [7, 11) is 1.42. The van der Waals surface area contributed by atoms with E-state index in [1.54, 1.807) is 0 Å². The molecule has 172 valence electrons. The quantitative estimate of drug-likeness (QED) is 0.519. The Hall–Kier alpha value is -3.20. The maximum Gasteiger partial charge on any atom is 0.417 e. The van der Waals surface area contributed by atoms with Crippen molar-refractivity contribution in [1.29, 1.82) is 0 Å². The van der Waals surface area contributed by atoms with Crippen molar-refractivity contribution in [3.63, 3.8) is 0 Å². The van der Waals surface area contributed by atoms with E-state index in [0.29, 0.717) is 30.5 Å². The third kappa shape index (κ3) is 4.13. The van der Waals surface area contributed by atoms with Crippen LogP contribution in [0, 0.1) is 5.82 Å². The molecule has 1 aromatic heterocycles. The van der Waals surface area contributed by atoms with E-state index >= 15 is 0 Å². The number of carbonyl (C=O) groups is 2. The number of aromatic nitrogens is 2. The Kier molecular flexibility index (Phi) is 6.00. The number of nitrogens with one attached hydrogen (secondary N) is 1. The molecular weight excluding hydrogens is 462 g/mol. The molecular formula is C23H18ClF4N3O2. The van der Waals surface area contributed by atoms with Gasteiger partial charge >= 0.3 is 6.18 Å². The van der Waals surface area contributed by atoms with Gasteiger partial charge in [0.2, 0.25) is 0 Å². The molecule has 0 saturated heterocycles. The number of nitrogens with zero attached hydrogens (tertiary/aromatic N) is 2. The fourth-order valence-corrected chi connectivity index (χ4v) is 4.32. The largest absolute Gasteiger partial charge is 0.417 e. The second-order valence-corrected chi connectivity index (χ2v) is 8.04. The summed E-state index contributed by atoms with van der Waals surface area (Å²) in [5, 5.41) is 6.31. The van der Waals surface area contributed by atoms with Gasteiger partial charge in [-0.05, 0) is 56.0 Å². The van der Waals surface area contributed by atoms with Crippen LogP contribution >= 0.6 is 11.6 Å². The third-order valence-electron chi connectivity index (χ3n) is 5.62. The highest BCUT2D eigenvalue weighted by atomic mass is 35.5. The highest BCUT2D eigenvalue weighted by Crippen LogP contribution is 2.37. The van der Waals surface area contributed by atoms with Crippen molar-refractivity contribution < 1.29 is 27.2 Å². The predicted octanol–water partition coefficient (Wildman–Crippen LogP) is 5.29. The highest BCUT2D eigenvalue weighted by Gasteiger charge is 2.38. The van der Waals surface area contributed by atoms with Crippen LogP contribution in [0.5, 0.6) is 0 Å². The fourth-order valence-electron chi connectivity index (χ4n) is 4.06. The van der Waals surface area contributed by atoms with Crippen LogP contribution in [-0.2, 0) is 19.0 Å². The van der Waals surface area contributed by atoms with E-state index < -0.39 is 34.9 Å². The van der Waals surface area contributed by atoms with Crippen molar-refractivity contribution >= 4 is 23.4 Å². The Morgan fingerprint density at radius 3 is 2.52 bits per heavy atom. The first-order valence-electron chi connectivity index (χ1n) is 10.2. The lowest BCUT2D eigenvalue weighted by molar-refractivity contribution is -0.137. The van der Waals surface area contributed by atoms with E-state index in [-0.39, 0.29) is 21.8 Å². The Balaban J connectivity index is 1.87. The van der Waals surface area contributed by atoms with Gasteiger partial charge in [-0.15, -0.1) is 0 Å². The van der Waals surface area contributed by atoms with Gasteiger partial charge in [-0.25, -0.2) is 4.39 Å². The average molecular weight is 480 g/mol. The standard InChI is InChI=1S/C23H18ClF4N3O2/c1-29-21(32)12-9-10-13(17(25)11-12)20-14-5-2-3-8-18(14)31(30-20)22(33)19-15(23(26,27)28)6-4-7-16(19)24/h4,6-7,9-11H,2-3,5,8H2,1H3,(H,29,32). The van der Waals surface area contributed by atoms with Crippen LogP contribution in [0.25, 0.3) is 11.3 Å².